The monoisotopic (exact) mass is 365 g/mol. The number of rotatable bonds is 5. The minimum absolute atomic E-state index is 0.0947. The second kappa shape index (κ2) is 7.93. The number of aromatic nitrogens is 2. The molecule has 0 bridgehead atoms. The Hall–Kier alpha value is -2.99. The first kappa shape index (κ1) is 17.8. The van der Waals surface area contributed by atoms with Gasteiger partial charge in [0.25, 0.3) is 5.56 Å². The van der Waals surface area contributed by atoms with Gasteiger partial charge in [0.1, 0.15) is 5.56 Å². The van der Waals surface area contributed by atoms with Crippen LogP contribution in [-0.4, -0.2) is 20.9 Å². The van der Waals surface area contributed by atoms with Crippen molar-refractivity contribution in [1.29, 1.82) is 0 Å². The third-order valence-corrected chi connectivity index (χ3v) is 4.42. The number of benzene rings is 2. The zero-order chi connectivity index (χ0) is 18.5. The minimum atomic E-state index is -0.458. The Bertz CT molecular complexity index is 1020. The minimum Gasteiger partial charge on any atom is -0.494 e. The van der Waals surface area contributed by atoms with Gasteiger partial charge in [0, 0.05) is 6.21 Å². The summed E-state index contributed by atoms with van der Waals surface area (Å²) in [5.74, 6) is -0.188. The Labute approximate surface area is 156 Å². The molecular formula is C20H19N3O2S. The van der Waals surface area contributed by atoms with Gasteiger partial charge in [0.15, 0.2) is 4.77 Å². The van der Waals surface area contributed by atoms with E-state index in [2.05, 4.69) is 9.98 Å². The smallest absolute Gasteiger partial charge is 0.264 e. The fourth-order valence-corrected chi connectivity index (χ4v) is 2.85. The van der Waals surface area contributed by atoms with Crippen LogP contribution in [0.25, 0.3) is 0 Å². The molecule has 3 aromatic rings. The number of aliphatic imine (C=N–C) groups is 1. The molecule has 1 atom stereocenters. The van der Waals surface area contributed by atoms with Gasteiger partial charge < -0.3 is 5.11 Å². The zero-order valence-corrected chi connectivity index (χ0v) is 15.1. The Morgan fingerprint density at radius 1 is 1.15 bits per heavy atom. The molecule has 6 heteroatoms. The largest absolute Gasteiger partial charge is 0.494 e. The molecule has 0 radical (unpaired) electrons. The van der Waals surface area contributed by atoms with E-state index in [1.807, 2.05) is 67.6 Å². The summed E-state index contributed by atoms with van der Waals surface area (Å²) in [7, 11) is 0. The second-order valence-corrected chi connectivity index (χ2v) is 6.32. The molecule has 5 nitrogen and oxygen atoms in total. The topological polar surface area (TPSA) is 70.4 Å². The molecule has 0 saturated heterocycles. The van der Waals surface area contributed by atoms with Crippen LogP contribution in [0.5, 0.6) is 5.88 Å². The van der Waals surface area contributed by atoms with Crippen LogP contribution in [-0.2, 0) is 6.54 Å². The summed E-state index contributed by atoms with van der Waals surface area (Å²) in [6.45, 7) is 2.29. The van der Waals surface area contributed by atoms with E-state index >= 15 is 0 Å². The lowest BCUT2D eigenvalue weighted by Crippen LogP contribution is -2.19. The molecule has 0 saturated carbocycles. The molecular weight excluding hydrogens is 346 g/mol. The maximum absolute atomic E-state index is 12.2. The maximum atomic E-state index is 12.2. The molecule has 1 aromatic heterocycles. The van der Waals surface area contributed by atoms with E-state index < -0.39 is 5.56 Å². The van der Waals surface area contributed by atoms with Gasteiger partial charge in [-0.15, -0.1) is 0 Å². The summed E-state index contributed by atoms with van der Waals surface area (Å²) in [6.07, 6.45) is 1.40. The van der Waals surface area contributed by atoms with Crippen LogP contribution in [0.15, 0.2) is 70.5 Å². The van der Waals surface area contributed by atoms with Crippen LogP contribution in [0.3, 0.4) is 0 Å². The van der Waals surface area contributed by atoms with Crippen molar-refractivity contribution < 1.29 is 5.11 Å². The molecule has 1 heterocycles. The standard InChI is InChI=1S/C20H19N3O2S/c1-14(16-10-6-3-7-11-16)21-12-17-18(24)22-20(26)23(19(17)25)13-15-8-4-2-5-9-15/h2-12,14,25H,13H2,1H3,(H,22,24,26)/t14-/m0/s1. The van der Waals surface area contributed by atoms with E-state index in [0.717, 1.165) is 11.1 Å². The number of aromatic amines is 1. The highest BCUT2D eigenvalue weighted by Gasteiger charge is 2.12. The van der Waals surface area contributed by atoms with Crippen molar-refractivity contribution >= 4 is 18.4 Å². The lowest BCUT2D eigenvalue weighted by atomic mass is 10.1. The van der Waals surface area contributed by atoms with Crippen LogP contribution < -0.4 is 5.56 Å². The van der Waals surface area contributed by atoms with Gasteiger partial charge in [-0.25, -0.2) is 0 Å². The molecule has 3 rings (SSSR count). The van der Waals surface area contributed by atoms with Gasteiger partial charge >= 0.3 is 0 Å². The summed E-state index contributed by atoms with van der Waals surface area (Å²) in [5, 5.41) is 10.6. The van der Waals surface area contributed by atoms with Crippen LogP contribution >= 0.6 is 12.2 Å². The fourth-order valence-electron chi connectivity index (χ4n) is 2.61. The Balaban J connectivity index is 1.95. The van der Waals surface area contributed by atoms with Gasteiger partial charge in [-0.05, 0) is 30.3 Å². The van der Waals surface area contributed by atoms with E-state index in [-0.39, 0.29) is 22.3 Å². The van der Waals surface area contributed by atoms with Crippen molar-refractivity contribution in [1.82, 2.24) is 9.55 Å². The second-order valence-electron chi connectivity index (χ2n) is 5.93. The molecule has 0 aliphatic carbocycles. The molecule has 132 valence electrons. The molecule has 26 heavy (non-hydrogen) atoms. The molecule has 0 amide bonds. The van der Waals surface area contributed by atoms with Crippen LogP contribution in [0.2, 0.25) is 0 Å². The normalized spacial score (nSPS) is 12.3. The first-order valence-corrected chi connectivity index (χ1v) is 8.65. The summed E-state index contributed by atoms with van der Waals surface area (Å²) in [6, 6.07) is 19.2. The van der Waals surface area contributed by atoms with Crippen molar-refractivity contribution in [3.63, 3.8) is 0 Å². The SMILES string of the molecule is C[C@H](N=Cc1c(O)n(Cc2ccccc2)c(=S)[nH]c1=O)c1ccccc1. The number of nitrogens with one attached hydrogen (secondary N) is 1. The first-order chi connectivity index (χ1) is 12.6. The molecule has 0 aliphatic rings. The van der Waals surface area contributed by atoms with E-state index in [1.54, 1.807) is 0 Å². The van der Waals surface area contributed by atoms with Crippen molar-refractivity contribution in [2.24, 2.45) is 4.99 Å². The molecule has 2 N–H and O–H groups in total. The van der Waals surface area contributed by atoms with Crippen LogP contribution in [0.4, 0.5) is 0 Å². The average molecular weight is 365 g/mol. The average Bonchev–Trinajstić information content (AvgIpc) is 2.66. The quantitative estimate of drug-likeness (QED) is 0.533. The Morgan fingerprint density at radius 3 is 2.42 bits per heavy atom. The number of hydrogen-bond acceptors (Lipinski definition) is 4. The molecule has 0 spiro atoms. The predicted molar refractivity (Wildman–Crippen MR) is 106 cm³/mol. The number of nitrogens with zero attached hydrogens (tertiary/aromatic N) is 2. The Kier molecular flexibility index (Phi) is 5.43. The van der Waals surface area contributed by atoms with Gasteiger partial charge in [0.2, 0.25) is 5.88 Å². The highest BCUT2D eigenvalue weighted by atomic mass is 32.1. The first-order valence-electron chi connectivity index (χ1n) is 8.24. The predicted octanol–water partition coefficient (Wildman–Crippen LogP) is 3.84. The summed E-state index contributed by atoms with van der Waals surface area (Å²) < 4.78 is 1.66. The van der Waals surface area contributed by atoms with Gasteiger partial charge in [0.05, 0.1) is 12.6 Å². The maximum Gasteiger partial charge on any atom is 0.264 e. The van der Waals surface area contributed by atoms with Gasteiger partial charge in [-0.2, -0.15) is 0 Å². The van der Waals surface area contributed by atoms with E-state index in [1.165, 1.54) is 10.8 Å². The summed E-state index contributed by atoms with van der Waals surface area (Å²) in [4.78, 5) is 19.2. The fraction of sp³-hybridized carbons (Fsp3) is 0.150. The van der Waals surface area contributed by atoms with Crippen LogP contribution in [0.1, 0.15) is 29.7 Å². The van der Waals surface area contributed by atoms with Crippen molar-refractivity contribution in [2.45, 2.75) is 19.5 Å². The third kappa shape index (κ3) is 3.97. The van der Waals surface area contributed by atoms with Gasteiger partial charge in [-0.3, -0.25) is 19.3 Å². The van der Waals surface area contributed by atoms with Crippen molar-refractivity contribution in [2.75, 3.05) is 0 Å². The zero-order valence-electron chi connectivity index (χ0n) is 14.3. The number of H-pyrrole nitrogens is 1. The third-order valence-electron chi connectivity index (χ3n) is 4.10. The van der Waals surface area contributed by atoms with Gasteiger partial charge in [-0.1, -0.05) is 60.7 Å². The van der Waals surface area contributed by atoms with Crippen molar-refractivity contribution in [3.8, 4) is 5.88 Å². The molecule has 2 aromatic carbocycles. The molecule has 0 unspecified atom stereocenters. The molecule has 0 fully saturated rings. The van der Waals surface area contributed by atoms with E-state index in [9.17, 15) is 9.90 Å². The summed E-state index contributed by atoms with van der Waals surface area (Å²) in [5.41, 5.74) is 1.63. The lowest BCUT2D eigenvalue weighted by molar-refractivity contribution is 0.411. The van der Waals surface area contributed by atoms with E-state index in [0.29, 0.717) is 6.54 Å². The van der Waals surface area contributed by atoms with Crippen LogP contribution in [0, 0.1) is 4.77 Å². The lowest BCUT2D eigenvalue weighted by Gasteiger charge is -2.12. The van der Waals surface area contributed by atoms with E-state index in [4.69, 9.17) is 12.2 Å². The number of hydrogen-bond donors (Lipinski definition) is 2. The highest BCUT2D eigenvalue weighted by Crippen LogP contribution is 2.18. The molecule has 0 aliphatic heterocycles. The Morgan fingerprint density at radius 2 is 1.77 bits per heavy atom. The summed E-state index contributed by atoms with van der Waals surface area (Å²) >= 11 is 5.20. The van der Waals surface area contributed by atoms with Crippen molar-refractivity contribution in [3.05, 3.63) is 92.5 Å². The number of aromatic hydroxyl groups is 1. The highest BCUT2D eigenvalue weighted by molar-refractivity contribution is 7.71.